The summed E-state index contributed by atoms with van der Waals surface area (Å²) in [4.78, 5) is 4.28. The molecule has 180 valence electrons. The van der Waals surface area contributed by atoms with E-state index in [1.807, 2.05) is 42.3 Å². The minimum atomic E-state index is 0.670. The van der Waals surface area contributed by atoms with Gasteiger partial charge in [0.05, 0.1) is 6.61 Å². The zero-order chi connectivity index (χ0) is 23.9. The zero-order valence-corrected chi connectivity index (χ0v) is 21.5. The van der Waals surface area contributed by atoms with Crippen LogP contribution in [0.15, 0.2) is 61.2 Å². The van der Waals surface area contributed by atoms with Crippen LogP contribution in [0.4, 0.5) is 11.4 Å². The maximum Gasteiger partial charge on any atom is 0.177 e. The molecule has 0 heterocycles. The van der Waals surface area contributed by atoms with Crippen LogP contribution in [-0.4, -0.2) is 43.8 Å². The van der Waals surface area contributed by atoms with Gasteiger partial charge in [-0.2, -0.15) is 0 Å². The largest absolute Gasteiger partial charge is 0.494 e. The first kappa shape index (κ1) is 26.9. The Morgan fingerprint density at radius 2 is 1.67 bits per heavy atom. The molecule has 5 heteroatoms. The second-order valence-electron chi connectivity index (χ2n) is 8.60. The lowest BCUT2D eigenvalue weighted by Gasteiger charge is -2.21. The molecule has 2 aromatic rings. The number of hydrogen-bond acceptors (Lipinski definition) is 3. The van der Waals surface area contributed by atoms with Crippen molar-refractivity contribution in [3.05, 3.63) is 66.7 Å². The Balaban J connectivity index is 1.69. The van der Waals surface area contributed by atoms with E-state index in [0.717, 1.165) is 49.7 Å². The molecule has 0 saturated carbocycles. The molecule has 0 unspecified atom stereocenters. The Labute approximate surface area is 206 Å². The molecule has 0 radical (unpaired) electrons. The molecule has 2 rings (SSSR count). The van der Waals surface area contributed by atoms with E-state index in [1.165, 1.54) is 37.7 Å². The third kappa shape index (κ3) is 10.4. The third-order valence-corrected chi connectivity index (χ3v) is 6.07. The van der Waals surface area contributed by atoms with E-state index in [1.54, 1.807) is 0 Å². The monoisotopic (exact) mass is 467 g/mol. The van der Waals surface area contributed by atoms with Crippen LogP contribution in [0.25, 0.3) is 0 Å². The number of likely N-dealkylation sites (N-methyl/N-ethyl adjacent to an activating group) is 1. The molecule has 0 aliphatic carbocycles. The van der Waals surface area contributed by atoms with Crippen LogP contribution in [0, 0.1) is 0 Å². The lowest BCUT2D eigenvalue weighted by atomic mass is 10.1. The molecule has 0 atom stereocenters. The van der Waals surface area contributed by atoms with Crippen LogP contribution in [0.1, 0.15) is 51.0 Å². The predicted molar refractivity (Wildman–Crippen MR) is 148 cm³/mol. The van der Waals surface area contributed by atoms with Crippen molar-refractivity contribution in [3.63, 3.8) is 0 Å². The van der Waals surface area contributed by atoms with Crippen LogP contribution in [0.3, 0.4) is 0 Å². The lowest BCUT2D eigenvalue weighted by Crippen LogP contribution is -2.30. The van der Waals surface area contributed by atoms with E-state index < -0.39 is 0 Å². The number of unbranched alkanes of at least 4 members (excludes halogenated alkanes) is 4. The molecule has 0 saturated heterocycles. The fourth-order valence-electron chi connectivity index (χ4n) is 3.57. The number of thiocarbonyl (C=S) groups is 1. The summed E-state index contributed by atoms with van der Waals surface area (Å²) in [5.74, 6) is 0.902. The van der Waals surface area contributed by atoms with E-state index in [9.17, 15) is 0 Å². The van der Waals surface area contributed by atoms with Gasteiger partial charge in [-0.3, -0.25) is 0 Å². The molecular weight excluding hydrogens is 426 g/mol. The number of rotatable bonds is 15. The van der Waals surface area contributed by atoms with Crippen molar-refractivity contribution in [2.24, 2.45) is 0 Å². The first-order valence-corrected chi connectivity index (χ1v) is 12.6. The standard InChI is InChI=1S/C28H41N3OS/c1-5-7-12-24-13-15-25(16-14-24)29-28(33)31(4)26-17-19-27(20-18-26)32-23-11-9-8-10-22-30(3)21-6-2/h6,13-20H,2,5,7-12,21-23H2,1,3-4H3,(H,29,33). The van der Waals surface area contributed by atoms with Gasteiger partial charge in [0.2, 0.25) is 0 Å². The average molecular weight is 468 g/mol. The van der Waals surface area contributed by atoms with Crippen LogP contribution >= 0.6 is 12.2 Å². The van der Waals surface area contributed by atoms with E-state index in [-0.39, 0.29) is 0 Å². The molecule has 33 heavy (non-hydrogen) atoms. The molecule has 0 aromatic heterocycles. The van der Waals surface area contributed by atoms with Gasteiger partial charge in [-0.1, -0.05) is 44.4 Å². The predicted octanol–water partition coefficient (Wildman–Crippen LogP) is 6.92. The van der Waals surface area contributed by atoms with Gasteiger partial charge in [0, 0.05) is 25.0 Å². The Morgan fingerprint density at radius 3 is 2.33 bits per heavy atom. The minimum Gasteiger partial charge on any atom is -0.494 e. The first-order valence-electron chi connectivity index (χ1n) is 12.2. The van der Waals surface area contributed by atoms with Crippen molar-refractivity contribution in [2.45, 2.75) is 51.9 Å². The van der Waals surface area contributed by atoms with Gasteiger partial charge in [-0.15, -0.1) is 6.58 Å². The van der Waals surface area contributed by atoms with Crippen LogP contribution in [0.5, 0.6) is 5.75 Å². The highest BCUT2D eigenvalue weighted by molar-refractivity contribution is 7.80. The quantitative estimate of drug-likeness (QED) is 0.174. The lowest BCUT2D eigenvalue weighted by molar-refractivity contribution is 0.300. The third-order valence-electron chi connectivity index (χ3n) is 5.70. The molecule has 0 amide bonds. The number of aryl methyl sites for hydroxylation is 1. The van der Waals surface area contributed by atoms with Gasteiger partial charge in [-0.25, -0.2) is 0 Å². The van der Waals surface area contributed by atoms with E-state index >= 15 is 0 Å². The fraction of sp³-hybridized carbons (Fsp3) is 0.464. The summed E-state index contributed by atoms with van der Waals surface area (Å²) in [5.41, 5.74) is 3.41. The van der Waals surface area contributed by atoms with Crippen LogP contribution < -0.4 is 15.0 Å². The van der Waals surface area contributed by atoms with Crippen molar-refractivity contribution < 1.29 is 4.74 Å². The van der Waals surface area contributed by atoms with E-state index in [0.29, 0.717) is 5.11 Å². The summed E-state index contributed by atoms with van der Waals surface area (Å²) in [6.07, 6.45) is 10.3. The van der Waals surface area contributed by atoms with Crippen LogP contribution in [0.2, 0.25) is 0 Å². The Bertz CT molecular complexity index is 820. The maximum absolute atomic E-state index is 5.91. The topological polar surface area (TPSA) is 27.7 Å². The summed E-state index contributed by atoms with van der Waals surface area (Å²) in [6, 6.07) is 16.7. The normalized spacial score (nSPS) is 10.8. The second kappa shape index (κ2) is 15.5. The molecule has 0 spiro atoms. The molecule has 1 N–H and O–H groups in total. The molecule has 0 aliphatic rings. The van der Waals surface area contributed by atoms with Gasteiger partial charge < -0.3 is 19.9 Å². The van der Waals surface area contributed by atoms with Crippen molar-refractivity contribution in [1.82, 2.24) is 4.90 Å². The molecular formula is C28H41N3OS. The highest BCUT2D eigenvalue weighted by atomic mass is 32.1. The highest BCUT2D eigenvalue weighted by Gasteiger charge is 2.08. The number of nitrogens with zero attached hydrogens (tertiary/aromatic N) is 2. The smallest absolute Gasteiger partial charge is 0.177 e. The number of anilines is 2. The Kier molecular flexibility index (Phi) is 12.6. The Morgan fingerprint density at radius 1 is 0.970 bits per heavy atom. The fourth-order valence-corrected chi connectivity index (χ4v) is 3.79. The molecule has 0 fully saturated rings. The average Bonchev–Trinajstić information content (AvgIpc) is 2.83. The summed E-state index contributed by atoms with van der Waals surface area (Å²) < 4.78 is 5.91. The first-order chi connectivity index (χ1) is 16.0. The second-order valence-corrected chi connectivity index (χ2v) is 8.98. The summed E-state index contributed by atoms with van der Waals surface area (Å²) in [7, 11) is 4.12. The van der Waals surface area contributed by atoms with Gasteiger partial charge >= 0.3 is 0 Å². The van der Waals surface area contributed by atoms with E-state index in [2.05, 4.69) is 55.0 Å². The number of ether oxygens (including phenoxy) is 1. The number of nitrogens with one attached hydrogen (secondary N) is 1. The van der Waals surface area contributed by atoms with Crippen molar-refractivity contribution >= 4 is 28.7 Å². The summed E-state index contributed by atoms with van der Waals surface area (Å²) in [5, 5.41) is 4.00. The number of hydrogen-bond donors (Lipinski definition) is 1. The van der Waals surface area contributed by atoms with Gasteiger partial charge in [0.15, 0.2) is 5.11 Å². The van der Waals surface area contributed by atoms with Crippen molar-refractivity contribution in [2.75, 3.05) is 44.0 Å². The summed E-state index contributed by atoms with van der Waals surface area (Å²) in [6.45, 7) is 8.84. The molecule has 4 nitrogen and oxygen atoms in total. The van der Waals surface area contributed by atoms with Gasteiger partial charge in [0.1, 0.15) is 5.75 Å². The zero-order valence-electron chi connectivity index (χ0n) is 20.7. The van der Waals surface area contributed by atoms with Crippen LogP contribution in [-0.2, 0) is 6.42 Å². The SMILES string of the molecule is C=CCN(C)CCCCCCOc1ccc(N(C)C(=S)Nc2ccc(CCCC)cc2)cc1. The van der Waals surface area contributed by atoms with Gasteiger partial charge in [0.25, 0.3) is 0 Å². The number of benzene rings is 2. The van der Waals surface area contributed by atoms with Gasteiger partial charge in [-0.05, 0) is 93.5 Å². The molecule has 2 aromatic carbocycles. The van der Waals surface area contributed by atoms with E-state index in [4.69, 9.17) is 17.0 Å². The maximum atomic E-state index is 5.91. The van der Waals surface area contributed by atoms with Crippen molar-refractivity contribution in [3.8, 4) is 5.75 Å². The van der Waals surface area contributed by atoms with Crippen molar-refractivity contribution in [1.29, 1.82) is 0 Å². The molecule has 0 aliphatic heterocycles. The highest BCUT2D eigenvalue weighted by Crippen LogP contribution is 2.20. The minimum absolute atomic E-state index is 0.670. The Hall–Kier alpha value is -2.37. The summed E-state index contributed by atoms with van der Waals surface area (Å²) >= 11 is 5.60. The molecule has 0 bridgehead atoms.